The molecule has 1 aliphatic carbocycles. The molecule has 1 heterocycles. The molecule has 21 heavy (non-hydrogen) atoms. The van der Waals surface area contributed by atoms with E-state index in [2.05, 4.69) is 25.0 Å². The maximum Gasteiger partial charge on any atom is 0.0850 e. The van der Waals surface area contributed by atoms with Gasteiger partial charge in [-0.25, -0.2) is 0 Å². The van der Waals surface area contributed by atoms with Crippen molar-refractivity contribution in [2.75, 3.05) is 0 Å². The van der Waals surface area contributed by atoms with Crippen molar-refractivity contribution < 1.29 is 0 Å². The smallest absolute Gasteiger partial charge is 0.0850 e. The molecule has 0 unspecified atom stereocenters. The number of aryl methyl sites for hydroxylation is 2. The molecule has 3 nitrogen and oxygen atoms in total. The summed E-state index contributed by atoms with van der Waals surface area (Å²) in [6, 6.07) is 2.61. The molecule has 1 aliphatic rings. The summed E-state index contributed by atoms with van der Waals surface area (Å²) in [6.45, 7) is 4.31. The molecule has 0 aliphatic heterocycles. The summed E-state index contributed by atoms with van der Waals surface area (Å²) in [6.07, 6.45) is 8.48. The molecule has 1 aromatic rings. The predicted octanol–water partition coefficient (Wildman–Crippen LogP) is 4.68. The van der Waals surface area contributed by atoms with Gasteiger partial charge in [0.15, 0.2) is 0 Å². The average Bonchev–Trinajstić information content (AvgIpc) is 2.77. The first-order chi connectivity index (χ1) is 10.0. The fourth-order valence-corrected chi connectivity index (χ4v) is 3.95. The van der Waals surface area contributed by atoms with Crippen molar-refractivity contribution in [2.45, 2.75) is 65.2 Å². The Labute approximate surface area is 133 Å². The number of rotatable bonds is 5. The fourth-order valence-electron chi connectivity index (χ4n) is 3.59. The van der Waals surface area contributed by atoms with Crippen molar-refractivity contribution in [1.29, 1.82) is 5.26 Å². The van der Waals surface area contributed by atoms with E-state index in [1.54, 1.807) is 0 Å². The molecule has 0 aromatic carbocycles. The van der Waals surface area contributed by atoms with Crippen LogP contribution in [0, 0.1) is 22.7 Å². The second-order valence-electron chi connectivity index (χ2n) is 6.49. The maximum absolute atomic E-state index is 9.74. The first-order valence-electron chi connectivity index (χ1n) is 8.16. The molecule has 0 bridgehead atoms. The lowest BCUT2D eigenvalue weighted by atomic mass is 9.68. The van der Waals surface area contributed by atoms with E-state index >= 15 is 0 Å². The van der Waals surface area contributed by atoms with E-state index in [1.807, 2.05) is 11.7 Å². The quantitative estimate of drug-likeness (QED) is 0.792. The van der Waals surface area contributed by atoms with Gasteiger partial charge in [0, 0.05) is 13.5 Å². The van der Waals surface area contributed by atoms with Crippen LogP contribution in [-0.4, -0.2) is 9.78 Å². The Morgan fingerprint density at radius 1 is 1.38 bits per heavy atom. The minimum atomic E-state index is -0.243. The molecular formula is C17H26ClN3. The van der Waals surface area contributed by atoms with Gasteiger partial charge in [0.05, 0.1) is 27.9 Å². The molecule has 0 spiro atoms. The van der Waals surface area contributed by atoms with Gasteiger partial charge in [-0.1, -0.05) is 38.3 Å². The van der Waals surface area contributed by atoms with Crippen LogP contribution in [0.15, 0.2) is 0 Å². The van der Waals surface area contributed by atoms with Gasteiger partial charge in [-0.3, -0.25) is 4.68 Å². The van der Waals surface area contributed by atoms with Gasteiger partial charge in [-0.15, -0.1) is 0 Å². The molecule has 116 valence electrons. The van der Waals surface area contributed by atoms with Crippen LogP contribution in [0.1, 0.15) is 63.8 Å². The number of hydrogen-bond donors (Lipinski definition) is 0. The largest absolute Gasteiger partial charge is 0.271 e. The van der Waals surface area contributed by atoms with Crippen LogP contribution in [0.3, 0.4) is 0 Å². The fraction of sp³-hybridized carbons (Fsp3) is 0.765. The second-order valence-corrected chi connectivity index (χ2v) is 6.86. The third-order valence-electron chi connectivity index (χ3n) is 5.01. The van der Waals surface area contributed by atoms with Crippen LogP contribution in [-0.2, 0) is 19.9 Å². The molecule has 1 saturated carbocycles. The van der Waals surface area contributed by atoms with Crippen molar-refractivity contribution >= 4 is 11.6 Å². The van der Waals surface area contributed by atoms with Crippen molar-refractivity contribution in [3.05, 3.63) is 16.4 Å². The van der Waals surface area contributed by atoms with Crippen LogP contribution < -0.4 is 0 Å². The van der Waals surface area contributed by atoms with E-state index in [4.69, 9.17) is 11.6 Å². The van der Waals surface area contributed by atoms with Crippen molar-refractivity contribution in [2.24, 2.45) is 18.4 Å². The highest BCUT2D eigenvalue weighted by Gasteiger charge is 2.37. The average molecular weight is 308 g/mol. The van der Waals surface area contributed by atoms with E-state index in [0.29, 0.717) is 0 Å². The Morgan fingerprint density at radius 2 is 2.05 bits per heavy atom. The van der Waals surface area contributed by atoms with Gasteiger partial charge < -0.3 is 0 Å². The molecule has 0 radical (unpaired) electrons. The molecule has 0 saturated heterocycles. The lowest BCUT2D eigenvalue weighted by Crippen LogP contribution is -2.29. The lowest BCUT2D eigenvalue weighted by Gasteiger charge is -2.35. The SMILES string of the molecule is CCCC1CCC(C#N)(Cc2c(Cl)c(CC)nn2C)CC1. The van der Waals surface area contributed by atoms with E-state index < -0.39 is 0 Å². The van der Waals surface area contributed by atoms with Crippen LogP contribution in [0.5, 0.6) is 0 Å². The summed E-state index contributed by atoms with van der Waals surface area (Å²) in [4.78, 5) is 0. The third-order valence-corrected chi connectivity index (χ3v) is 5.44. The number of halogens is 1. The van der Waals surface area contributed by atoms with Crippen molar-refractivity contribution in [1.82, 2.24) is 9.78 Å². The molecule has 0 N–H and O–H groups in total. The van der Waals surface area contributed by atoms with Gasteiger partial charge in [-0.2, -0.15) is 10.4 Å². The van der Waals surface area contributed by atoms with E-state index in [0.717, 1.165) is 48.0 Å². The van der Waals surface area contributed by atoms with Crippen molar-refractivity contribution in [3.8, 4) is 6.07 Å². The minimum Gasteiger partial charge on any atom is -0.271 e. The number of nitrogens with zero attached hydrogens (tertiary/aromatic N) is 3. The first kappa shape index (κ1) is 16.4. The Hall–Kier alpha value is -1.01. The van der Waals surface area contributed by atoms with E-state index in [9.17, 15) is 5.26 Å². The maximum atomic E-state index is 9.74. The number of hydrogen-bond acceptors (Lipinski definition) is 2. The van der Waals surface area contributed by atoms with Gasteiger partial charge >= 0.3 is 0 Å². The predicted molar refractivity (Wildman–Crippen MR) is 86.2 cm³/mol. The van der Waals surface area contributed by atoms with Crippen LogP contribution in [0.2, 0.25) is 5.02 Å². The highest BCUT2D eigenvalue weighted by molar-refractivity contribution is 6.31. The lowest BCUT2D eigenvalue weighted by molar-refractivity contribution is 0.198. The Kier molecular flexibility index (Phi) is 5.32. The van der Waals surface area contributed by atoms with E-state index in [1.165, 1.54) is 25.7 Å². The number of aromatic nitrogens is 2. The van der Waals surface area contributed by atoms with Gasteiger partial charge in [0.25, 0.3) is 0 Å². The zero-order chi connectivity index (χ0) is 15.5. The first-order valence-corrected chi connectivity index (χ1v) is 8.54. The van der Waals surface area contributed by atoms with Crippen LogP contribution >= 0.6 is 11.6 Å². The zero-order valence-electron chi connectivity index (χ0n) is 13.5. The highest BCUT2D eigenvalue weighted by Crippen LogP contribution is 2.43. The summed E-state index contributed by atoms with van der Waals surface area (Å²) in [5, 5.41) is 15.0. The van der Waals surface area contributed by atoms with Crippen LogP contribution in [0.25, 0.3) is 0 Å². The monoisotopic (exact) mass is 307 g/mol. The molecule has 4 heteroatoms. The summed E-state index contributed by atoms with van der Waals surface area (Å²) in [5.41, 5.74) is 1.73. The minimum absolute atomic E-state index is 0.243. The van der Waals surface area contributed by atoms with Gasteiger partial charge in [0.2, 0.25) is 0 Å². The summed E-state index contributed by atoms with van der Waals surface area (Å²) in [5.74, 6) is 0.810. The standard InChI is InChI=1S/C17H26ClN3/c1-4-6-13-7-9-17(12-19,10-8-13)11-15-16(18)14(5-2)20-21(15)3/h13H,4-11H2,1-3H3. The molecule has 1 aromatic heterocycles. The summed E-state index contributed by atoms with van der Waals surface area (Å²) in [7, 11) is 1.94. The molecule has 2 rings (SSSR count). The number of nitriles is 1. The second kappa shape index (κ2) is 6.83. The molecule has 0 atom stereocenters. The highest BCUT2D eigenvalue weighted by atomic mass is 35.5. The Morgan fingerprint density at radius 3 is 2.52 bits per heavy atom. The van der Waals surface area contributed by atoms with Gasteiger partial charge in [0.1, 0.15) is 0 Å². The molecule has 1 fully saturated rings. The van der Waals surface area contributed by atoms with Gasteiger partial charge in [-0.05, 0) is 38.0 Å². The van der Waals surface area contributed by atoms with Crippen molar-refractivity contribution in [3.63, 3.8) is 0 Å². The zero-order valence-corrected chi connectivity index (χ0v) is 14.2. The topological polar surface area (TPSA) is 41.6 Å². The summed E-state index contributed by atoms with van der Waals surface area (Å²) < 4.78 is 1.87. The normalized spacial score (nSPS) is 25.8. The summed E-state index contributed by atoms with van der Waals surface area (Å²) >= 11 is 6.45. The van der Waals surface area contributed by atoms with E-state index in [-0.39, 0.29) is 5.41 Å². The van der Waals surface area contributed by atoms with Crippen LogP contribution in [0.4, 0.5) is 0 Å². The Bertz CT molecular complexity index is 519. The Balaban J connectivity index is 2.14. The molecular weight excluding hydrogens is 282 g/mol. The molecule has 0 amide bonds. The third kappa shape index (κ3) is 3.43.